The van der Waals surface area contributed by atoms with Crippen molar-refractivity contribution in [3.8, 4) is 11.3 Å². The van der Waals surface area contributed by atoms with Gasteiger partial charge in [-0.2, -0.15) is 0 Å². The molecular weight excluding hydrogens is 497 g/mol. The second kappa shape index (κ2) is 13.4. The van der Waals surface area contributed by atoms with Gasteiger partial charge in [0, 0.05) is 44.0 Å². The zero-order valence-electron chi connectivity index (χ0n) is 22.6. The Bertz CT molecular complexity index is 1290. The third-order valence-corrected chi connectivity index (χ3v) is 6.88. The minimum Gasteiger partial charge on any atom is -0.356 e. The number of carbonyl (C=O) groups excluding carboxylic acids is 2. The largest absolute Gasteiger partial charge is 0.356 e. The van der Waals surface area contributed by atoms with Crippen molar-refractivity contribution in [1.82, 2.24) is 20.5 Å². The predicted octanol–water partition coefficient (Wildman–Crippen LogP) is 5.24. The van der Waals surface area contributed by atoms with Crippen LogP contribution in [0, 0.1) is 19.7 Å². The van der Waals surface area contributed by atoms with E-state index in [9.17, 15) is 14.0 Å². The number of hydrazine groups is 1. The van der Waals surface area contributed by atoms with Gasteiger partial charge in [-0.15, -0.1) is 0 Å². The molecule has 0 saturated heterocycles. The summed E-state index contributed by atoms with van der Waals surface area (Å²) in [5, 5.41) is 10.4. The van der Waals surface area contributed by atoms with Crippen molar-refractivity contribution in [2.24, 2.45) is 0 Å². The quantitative estimate of drug-likeness (QED) is 0.337. The summed E-state index contributed by atoms with van der Waals surface area (Å²) in [6, 6.07) is 12.4. The Balaban J connectivity index is 0.00000420. The molecule has 0 bridgehead atoms. The van der Waals surface area contributed by atoms with E-state index in [0.29, 0.717) is 25.4 Å². The summed E-state index contributed by atoms with van der Waals surface area (Å²) in [4.78, 5) is 28.2. The maximum absolute atomic E-state index is 13.7. The van der Waals surface area contributed by atoms with Crippen LogP contribution in [0.5, 0.6) is 0 Å². The number of aromatic nitrogens is 1. The van der Waals surface area contributed by atoms with Crippen LogP contribution in [0.3, 0.4) is 0 Å². The number of benzene rings is 2. The molecule has 1 aromatic heterocycles. The Morgan fingerprint density at radius 2 is 1.82 bits per heavy atom. The maximum Gasteiger partial charge on any atom is 0.256 e. The summed E-state index contributed by atoms with van der Waals surface area (Å²) in [7, 11) is 1.72. The molecule has 1 aliphatic rings. The third-order valence-electron chi connectivity index (χ3n) is 6.88. The van der Waals surface area contributed by atoms with Crippen molar-refractivity contribution in [2.45, 2.75) is 60.5 Å². The highest BCUT2D eigenvalue weighted by molar-refractivity contribution is 5.87. The van der Waals surface area contributed by atoms with Crippen molar-refractivity contribution < 1.29 is 18.5 Å². The Morgan fingerprint density at radius 3 is 2.54 bits per heavy atom. The molecule has 0 saturated carbocycles. The summed E-state index contributed by atoms with van der Waals surface area (Å²) in [6.07, 6.45) is 3.04. The van der Waals surface area contributed by atoms with Gasteiger partial charge in [-0.3, -0.25) is 14.6 Å². The molecule has 0 atom stereocenters. The predicted molar refractivity (Wildman–Crippen MR) is 151 cm³/mol. The van der Waals surface area contributed by atoms with E-state index in [4.69, 9.17) is 4.52 Å². The van der Waals surface area contributed by atoms with E-state index in [1.165, 1.54) is 12.1 Å². The Hall–Kier alpha value is -3.72. The summed E-state index contributed by atoms with van der Waals surface area (Å²) >= 11 is 0. The van der Waals surface area contributed by atoms with Crippen molar-refractivity contribution >= 4 is 17.5 Å². The highest BCUT2D eigenvalue weighted by atomic mass is 19.1. The number of rotatable bonds is 11. The molecule has 0 fully saturated rings. The average molecular weight is 538 g/mol. The third kappa shape index (κ3) is 7.44. The van der Waals surface area contributed by atoms with Gasteiger partial charge in [0.1, 0.15) is 5.82 Å². The van der Waals surface area contributed by atoms with E-state index >= 15 is 0 Å². The van der Waals surface area contributed by atoms with E-state index in [2.05, 4.69) is 17.4 Å². The summed E-state index contributed by atoms with van der Waals surface area (Å²) in [6.45, 7) is 7.55. The lowest BCUT2D eigenvalue weighted by atomic mass is 10.1. The number of hydrogen-bond acceptors (Lipinski definition) is 6. The number of aryl methyl sites for hydroxylation is 2. The monoisotopic (exact) mass is 537 g/mol. The topological polar surface area (TPSA) is 81.9 Å². The van der Waals surface area contributed by atoms with Crippen LogP contribution in [-0.2, 0) is 22.7 Å². The lowest BCUT2D eigenvalue weighted by Gasteiger charge is -2.32. The second-order valence-corrected chi connectivity index (χ2v) is 9.90. The number of carbonyl (C=O) groups is 2. The number of hydrogen-bond donors (Lipinski definition) is 1. The van der Waals surface area contributed by atoms with Crippen LogP contribution in [0.15, 0.2) is 47.0 Å². The molecule has 8 nitrogen and oxygen atoms in total. The van der Waals surface area contributed by atoms with E-state index in [0.717, 1.165) is 52.9 Å². The van der Waals surface area contributed by atoms with Gasteiger partial charge in [0.25, 0.3) is 5.91 Å². The smallest absolute Gasteiger partial charge is 0.256 e. The molecule has 2 aromatic carbocycles. The molecule has 39 heavy (non-hydrogen) atoms. The van der Waals surface area contributed by atoms with Gasteiger partial charge >= 0.3 is 0 Å². The fraction of sp³-hybridized carbons (Fsp3) is 0.433. The van der Waals surface area contributed by atoms with E-state index < -0.39 is 0 Å². The van der Waals surface area contributed by atoms with Crippen LogP contribution in [-0.4, -0.2) is 53.7 Å². The number of halogens is 1. The number of nitrogens with zero attached hydrogens (tertiary/aromatic N) is 4. The molecule has 0 unspecified atom stereocenters. The highest BCUT2D eigenvalue weighted by Crippen LogP contribution is 2.29. The highest BCUT2D eigenvalue weighted by Gasteiger charge is 2.27. The van der Waals surface area contributed by atoms with Crippen LogP contribution >= 0.6 is 0 Å². The first-order chi connectivity index (χ1) is 18.2. The van der Waals surface area contributed by atoms with Crippen molar-refractivity contribution in [3.05, 3.63) is 70.7 Å². The fourth-order valence-corrected chi connectivity index (χ4v) is 4.64. The van der Waals surface area contributed by atoms with Crippen LogP contribution in [0.2, 0.25) is 0 Å². The maximum atomic E-state index is 13.7. The second-order valence-electron chi connectivity index (χ2n) is 9.90. The first kappa shape index (κ1) is 29.8. The molecule has 1 aliphatic heterocycles. The number of anilines is 1. The number of amides is 2. The van der Waals surface area contributed by atoms with Crippen molar-refractivity contribution in [3.63, 3.8) is 0 Å². The first-order valence-electron chi connectivity index (χ1n) is 13.1. The lowest BCUT2D eigenvalue weighted by molar-refractivity contribution is -0.145. The summed E-state index contributed by atoms with van der Waals surface area (Å²) < 4.78 is 19.2. The minimum absolute atomic E-state index is 0. The number of fused-ring (bicyclic) bond motifs is 1. The Labute approximate surface area is 230 Å². The molecule has 0 spiro atoms. The average Bonchev–Trinajstić information content (AvgIpc) is 3.52. The normalized spacial score (nSPS) is 12.5. The van der Waals surface area contributed by atoms with E-state index in [1.54, 1.807) is 23.0 Å². The van der Waals surface area contributed by atoms with Crippen molar-refractivity contribution in [1.29, 1.82) is 0 Å². The van der Waals surface area contributed by atoms with Crippen LogP contribution in [0.25, 0.3) is 11.3 Å². The van der Waals surface area contributed by atoms with Crippen LogP contribution in [0.1, 0.15) is 56.0 Å². The van der Waals surface area contributed by atoms with Gasteiger partial charge in [0.15, 0.2) is 5.76 Å². The molecular formula is C30H40FN5O3. The molecule has 0 radical (unpaired) electrons. The van der Waals surface area contributed by atoms with Gasteiger partial charge in [0.05, 0.1) is 18.8 Å². The summed E-state index contributed by atoms with van der Waals surface area (Å²) in [5.41, 5.74) is 5.17. The van der Waals surface area contributed by atoms with Crippen LogP contribution in [0.4, 0.5) is 10.1 Å². The molecule has 2 heterocycles. The number of likely N-dealkylation sites (N-methyl/N-ethyl adjacent to an activating group) is 1. The SMILES string of the molecule is C.CCCCCNC(=O)CN(CC(=O)N(C)N1Cc2ccc(F)cc2C1)c1cc(-c2cc(C)no2)ccc1C. The molecule has 210 valence electrons. The number of nitrogens with one attached hydrogen (secondary N) is 1. The Morgan fingerprint density at radius 1 is 1.05 bits per heavy atom. The molecule has 9 heteroatoms. The molecule has 2 amide bonds. The van der Waals surface area contributed by atoms with Gasteiger partial charge in [0.2, 0.25) is 5.91 Å². The standard InChI is InChI=1S/C29H36FN5O3.CH4/c1-5-6-7-12-31-28(36)18-34(26-15-22(9-8-20(26)2)27-13-21(3)32-38-27)19-29(37)33(4)35-16-23-10-11-25(30)14-24(23)17-35;/h8-11,13-15H,5-7,12,16-19H2,1-4H3,(H,31,36);1H4. The van der Waals surface area contributed by atoms with Crippen LogP contribution < -0.4 is 10.2 Å². The number of unbranched alkanes of at least 4 members (excludes halogenated alkanes) is 2. The van der Waals surface area contributed by atoms with Crippen molar-refractivity contribution in [2.75, 3.05) is 31.6 Å². The lowest BCUT2D eigenvalue weighted by Crippen LogP contribution is -2.48. The summed E-state index contributed by atoms with van der Waals surface area (Å²) in [5.74, 6) is 0.0320. The molecule has 4 rings (SSSR count). The molecule has 0 aliphatic carbocycles. The molecule has 1 N–H and O–H groups in total. The molecule has 3 aromatic rings. The Kier molecular flexibility index (Phi) is 10.2. The van der Waals surface area contributed by atoms with E-state index in [1.807, 2.05) is 43.1 Å². The van der Waals surface area contributed by atoms with Gasteiger partial charge < -0.3 is 14.7 Å². The van der Waals surface area contributed by atoms with Gasteiger partial charge in [-0.05, 0) is 55.2 Å². The van der Waals surface area contributed by atoms with Gasteiger partial charge in [-0.25, -0.2) is 9.40 Å². The fourth-order valence-electron chi connectivity index (χ4n) is 4.64. The van der Waals surface area contributed by atoms with Gasteiger partial charge in [-0.1, -0.05) is 50.5 Å². The first-order valence-corrected chi connectivity index (χ1v) is 13.1. The minimum atomic E-state index is -0.284. The zero-order valence-corrected chi connectivity index (χ0v) is 22.6. The zero-order chi connectivity index (χ0) is 27.2. The van der Waals surface area contributed by atoms with E-state index in [-0.39, 0.29) is 38.1 Å².